The number of carbonyl (C=O) groups excluding carboxylic acids is 1. The molecule has 1 fully saturated rings. The quantitative estimate of drug-likeness (QED) is 0.649. The fraction of sp³-hybridized carbons (Fsp3) is 0.333. The SMILES string of the molecule is COc1cc(C(N)=S)ccc1OC1CCOC1=O. The molecule has 1 aromatic carbocycles. The third-order valence-corrected chi connectivity index (χ3v) is 2.84. The van der Waals surface area contributed by atoms with Gasteiger partial charge >= 0.3 is 5.97 Å². The van der Waals surface area contributed by atoms with E-state index in [1.165, 1.54) is 7.11 Å². The van der Waals surface area contributed by atoms with Crippen molar-refractivity contribution in [1.29, 1.82) is 0 Å². The van der Waals surface area contributed by atoms with Gasteiger partial charge in [0.05, 0.1) is 13.7 Å². The number of cyclic esters (lactones) is 1. The predicted molar refractivity (Wildman–Crippen MR) is 68.9 cm³/mol. The van der Waals surface area contributed by atoms with Gasteiger partial charge < -0.3 is 19.9 Å². The van der Waals surface area contributed by atoms with Crippen LogP contribution in [0.5, 0.6) is 11.5 Å². The van der Waals surface area contributed by atoms with Crippen LogP contribution in [-0.2, 0) is 9.53 Å². The zero-order valence-electron chi connectivity index (χ0n) is 9.84. The number of thiocarbonyl (C=S) groups is 1. The highest BCUT2D eigenvalue weighted by atomic mass is 32.1. The summed E-state index contributed by atoms with van der Waals surface area (Å²) in [4.78, 5) is 11.6. The third kappa shape index (κ3) is 2.53. The van der Waals surface area contributed by atoms with Gasteiger partial charge in [0.25, 0.3) is 0 Å². The lowest BCUT2D eigenvalue weighted by molar-refractivity contribution is -0.143. The van der Waals surface area contributed by atoms with Crippen LogP contribution in [0, 0.1) is 0 Å². The van der Waals surface area contributed by atoms with E-state index in [0.717, 1.165) is 0 Å². The topological polar surface area (TPSA) is 70.8 Å². The molecule has 5 nitrogen and oxygen atoms in total. The smallest absolute Gasteiger partial charge is 0.347 e. The van der Waals surface area contributed by atoms with Crippen LogP contribution in [-0.4, -0.2) is 30.8 Å². The van der Waals surface area contributed by atoms with Gasteiger partial charge in [-0.25, -0.2) is 4.79 Å². The predicted octanol–water partition coefficient (Wildman–Crippen LogP) is 1.02. The second-order valence-electron chi connectivity index (χ2n) is 3.79. The summed E-state index contributed by atoms with van der Waals surface area (Å²) < 4.78 is 15.6. The number of ether oxygens (including phenoxy) is 3. The number of hydrogen-bond donors (Lipinski definition) is 1. The van der Waals surface area contributed by atoms with Crippen molar-refractivity contribution in [3.8, 4) is 11.5 Å². The van der Waals surface area contributed by atoms with Gasteiger partial charge in [-0.05, 0) is 18.2 Å². The monoisotopic (exact) mass is 267 g/mol. The summed E-state index contributed by atoms with van der Waals surface area (Å²) in [6, 6.07) is 5.08. The van der Waals surface area contributed by atoms with Crippen LogP contribution in [0.2, 0.25) is 0 Å². The summed E-state index contributed by atoms with van der Waals surface area (Å²) >= 11 is 4.88. The standard InChI is InChI=1S/C12H13NO4S/c1-15-10-6-7(11(13)18)2-3-8(10)17-9-4-5-16-12(9)14/h2-3,6,9H,4-5H2,1H3,(H2,13,18). The molecule has 96 valence electrons. The molecule has 1 heterocycles. The third-order valence-electron chi connectivity index (χ3n) is 2.60. The van der Waals surface area contributed by atoms with E-state index < -0.39 is 6.10 Å². The Hall–Kier alpha value is -1.82. The Kier molecular flexibility index (Phi) is 3.66. The summed E-state index contributed by atoms with van der Waals surface area (Å²) in [6.07, 6.45) is -0.0338. The van der Waals surface area contributed by atoms with Crippen molar-refractivity contribution in [2.24, 2.45) is 5.73 Å². The van der Waals surface area contributed by atoms with Gasteiger partial charge in [0.1, 0.15) is 4.99 Å². The fourth-order valence-electron chi connectivity index (χ4n) is 1.66. The van der Waals surface area contributed by atoms with Crippen molar-refractivity contribution < 1.29 is 19.0 Å². The Bertz CT molecular complexity index is 489. The van der Waals surface area contributed by atoms with Crippen LogP contribution >= 0.6 is 12.2 Å². The van der Waals surface area contributed by atoms with Crippen molar-refractivity contribution in [3.05, 3.63) is 23.8 Å². The van der Waals surface area contributed by atoms with Crippen LogP contribution in [0.25, 0.3) is 0 Å². The molecule has 0 aromatic heterocycles. The zero-order valence-corrected chi connectivity index (χ0v) is 10.7. The zero-order chi connectivity index (χ0) is 13.1. The summed E-state index contributed by atoms with van der Waals surface area (Å²) in [7, 11) is 1.51. The summed E-state index contributed by atoms with van der Waals surface area (Å²) in [5, 5.41) is 0. The summed E-state index contributed by atoms with van der Waals surface area (Å²) in [6.45, 7) is 0.386. The highest BCUT2D eigenvalue weighted by molar-refractivity contribution is 7.80. The maximum Gasteiger partial charge on any atom is 0.347 e. The van der Waals surface area contributed by atoms with E-state index in [4.69, 9.17) is 32.2 Å². The fourth-order valence-corrected chi connectivity index (χ4v) is 1.78. The molecule has 0 amide bonds. The second-order valence-corrected chi connectivity index (χ2v) is 4.23. The summed E-state index contributed by atoms with van der Waals surface area (Å²) in [5.74, 6) is 0.608. The van der Waals surface area contributed by atoms with E-state index in [9.17, 15) is 4.79 Å². The number of rotatable bonds is 4. The molecule has 0 bridgehead atoms. The van der Waals surface area contributed by atoms with Crippen LogP contribution in [0.4, 0.5) is 0 Å². The maximum atomic E-state index is 11.3. The largest absolute Gasteiger partial charge is 0.493 e. The van der Waals surface area contributed by atoms with Crippen LogP contribution in [0.15, 0.2) is 18.2 Å². The minimum atomic E-state index is -0.574. The van der Waals surface area contributed by atoms with Crippen molar-refractivity contribution in [1.82, 2.24) is 0 Å². The van der Waals surface area contributed by atoms with Gasteiger partial charge in [0, 0.05) is 12.0 Å². The minimum Gasteiger partial charge on any atom is -0.493 e. The van der Waals surface area contributed by atoms with E-state index in [-0.39, 0.29) is 11.0 Å². The molecule has 1 atom stereocenters. The Morgan fingerprint density at radius 1 is 1.50 bits per heavy atom. The first-order valence-corrected chi connectivity index (χ1v) is 5.84. The molecular formula is C12H13NO4S. The minimum absolute atomic E-state index is 0.278. The number of methoxy groups -OCH3 is 1. The highest BCUT2D eigenvalue weighted by Gasteiger charge is 2.29. The Morgan fingerprint density at radius 2 is 2.28 bits per heavy atom. The second kappa shape index (κ2) is 5.22. The lowest BCUT2D eigenvalue weighted by atomic mass is 10.2. The molecule has 0 saturated carbocycles. The van der Waals surface area contributed by atoms with Crippen LogP contribution in [0.3, 0.4) is 0 Å². The number of esters is 1. The first kappa shape index (κ1) is 12.6. The van der Waals surface area contributed by atoms with Gasteiger partial charge in [0.15, 0.2) is 17.6 Å². The number of hydrogen-bond acceptors (Lipinski definition) is 5. The molecule has 1 aromatic rings. The average Bonchev–Trinajstić information content (AvgIpc) is 2.75. The molecule has 1 aliphatic heterocycles. The molecule has 2 N–H and O–H groups in total. The number of carbonyl (C=O) groups is 1. The molecule has 0 spiro atoms. The van der Waals surface area contributed by atoms with Gasteiger partial charge in [-0.1, -0.05) is 12.2 Å². The first-order chi connectivity index (χ1) is 8.61. The first-order valence-electron chi connectivity index (χ1n) is 5.43. The van der Waals surface area contributed by atoms with Crippen molar-refractivity contribution in [2.45, 2.75) is 12.5 Å². The van der Waals surface area contributed by atoms with Gasteiger partial charge in [-0.2, -0.15) is 0 Å². The average molecular weight is 267 g/mol. The molecule has 0 aliphatic carbocycles. The van der Waals surface area contributed by atoms with E-state index in [0.29, 0.717) is 30.1 Å². The lowest BCUT2D eigenvalue weighted by Gasteiger charge is -2.14. The Morgan fingerprint density at radius 3 is 2.83 bits per heavy atom. The van der Waals surface area contributed by atoms with Gasteiger partial charge in [-0.15, -0.1) is 0 Å². The molecule has 1 unspecified atom stereocenters. The maximum absolute atomic E-state index is 11.3. The van der Waals surface area contributed by atoms with Crippen molar-refractivity contribution in [3.63, 3.8) is 0 Å². The molecule has 18 heavy (non-hydrogen) atoms. The van der Waals surface area contributed by atoms with Crippen molar-refractivity contribution >= 4 is 23.2 Å². The van der Waals surface area contributed by atoms with Crippen LogP contribution in [0.1, 0.15) is 12.0 Å². The van der Waals surface area contributed by atoms with Gasteiger partial charge in [-0.3, -0.25) is 0 Å². The normalized spacial score (nSPS) is 18.3. The molecule has 1 aliphatic rings. The van der Waals surface area contributed by atoms with E-state index in [2.05, 4.69) is 0 Å². The van der Waals surface area contributed by atoms with E-state index in [1.807, 2.05) is 0 Å². The molecule has 6 heteroatoms. The van der Waals surface area contributed by atoms with Gasteiger partial charge in [0.2, 0.25) is 0 Å². The van der Waals surface area contributed by atoms with Crippen LogP contribution < -0.4 is 15.2 Å². The van der Waals surface area contributed by atoms with E-state index >= 15 is 0 Å². The Labute approximate surface area is 110 Å². The molecular weight excluding hydrogens is 254 g/mol. The molecule has 2 rings (SSSR count). The number of nitrogens with two attached hydrogens (primary N) is 1. The lowest BCUT2D eigenvalue weighted by Crippen LogP contribution is -2.22. The van der Waals surface area contributed by atoms with Crippen molar-refractivity contribution in [2.75, 3.05) is 13.7 Å². The highest BCUT2D eigenvalue weighted by Crippen LogP contribution is 2.30. The van der Waals surface area contributed by atoms with E-state index in [1.54, 1.807) is 18.2 Å². The molecule has 1 saturated heterocycles. The summed E-state index contributed by atoms with van der Waals surface area (Å²) in [5.41, 5.74) is 6.22. The molecule has 0 radical (unpaired) electrons. The number of benzene rings is 1. The Balaban J connectivity index is 2.22.